The predicted octanol–water partition coefficient (Wildman–Crippen LogP) is 2.33. The summed E-state index contributed by atoms with van der Waals surface area (Å²) in [6, 6.07) is 0.234. The molecular formula is C17H35N3O. The van der Waals surface area contributed by atoms with E-state index in [-0.39, 0.29) is 6.04 Å². The van der Waals surface area contributed by atoms with Gasteiger partial charge in [0, 0.05) is 32.1 Å². The summed E-state index contributed by atoms with van der Waals surface area (Å²) in [6.07, 6.45) is 4.04. The second kappa shape index (κ2) is 9.42. The van der Waals surface area contributed by atoms with Crippen molar-refractivity contribution < 1.29 is 4.79 Å². The predicted molar refractivity (Wildman–Crippen MR) is 89.1 cm³/mol. The van der Waals surface area contributed by atoms with Crippen molar-refractivity contribution in [2.45, 2.75) is 59.4 Å². The van der Waals surface area contributed by atoms with E-state index >= 15 is 0 Å². The van der Waals surface area contributed by atoms with Gasteiger partial charge in [-0.05, 0) is 37.8 Å². The molecule has 4 heteroatoms. The average Bonchev–Trinajstić information content (AvgIpc) is 2.83. The second-order valence-electron chi connectivity index (χ2n) is 6.82. The lowest BCUT2D eigenvalue weighted by atomic mass is 9.99. The van der Waals surface area contributed by atoms with E-state index in [1.54, 1.807) is 0 Å². The van der Waals surface area contributed by atoms with Crippen LogP contribution in [0.25, 0.3) is 0 Å². The molecule has 1 aliphatic carbocycles. The quantitative estimate of drug-likeness (QED) is 0.710. The number of hydrogen-bond donors (Lipinski definition) is 1. The van der Waals surface area contributed by atoms with E-state index in [9.17, 15) is 4.79 Å². The van der Waals surface area contributed by atoms with Crippen LogP contribution >= 0.6 is 0 Å². The summed E-state index contributed by atoms with van der Waals surface area (Å²) >= 11 is 0. The summed E-state index contributed by atoms with van der Waals surface area (Å²) in [5.74, 6) is 1.22. The molecule has 2 N–H and O–H groups in total. The molecule has 4 nitrogen and oxygen atoms in total. The van der Waals surface area contributed by atoms with Crippen molar-refractivity contribution in [2.24, 2.45) is 17.6 Å². The molecule has 2 atom stereocenters. The van der Waals surface area contributed by atoms with E-state index in [0.717, 1.165) is 45.6 Å². The van der Waals surface area contributed by atoms with Crippen LogP contribution in [0.15, 0.2) is 0 Å². The largest absolute Gasteiger partial charge is 0.341 e. The van der Waals surface area contributed by atoms with Crippen LogP contribution in [0.4, 0.5) is 0 Å². The minimum Gasteiger partial charge on any atom is -0.341 e. The highest BCUT2D eigenvalue weighted by Crippen LogP contribution is 2.27. The smallest absolute Gasteiger partial charge is 0.222 e. The molecule has 0 aromatic rings. The average molecular weight is 297 g/mol. The molecule has 0 heterocycles. The van der Waals surface area contributed by atoms with Crippen molar-refractivity contribution in [2.75, 3.05) is 32.7 Å². The molecular weight excluding hydrogens is 262 g/mol. The summed E-state index contributed by atoms with van der Waals surface area (Å²) in [7, 11) is 0. The molecule has 0 radical (unpaired) electrons. The van der Waals surface area contributed by atoms with E-state index in [1.165, 1.54) is 6.42 Å². The topological polar surface area (TPSA) is 49.6 Å². The van der Waals surface area contributed by atoms with Gasteiger partial charge in [0.25, 0.3) is 0 Å². The number of carbonyl (C=O) groups is 1. The molecule has 0 aliphatic heterocycles. The van der Waals surface area contributed by atoms with Crippen LogP contribution in [-0.4, -0.2) is 54.5 Å². The second-order valence-corrected chi connectivity index (χ2v) is 6.82. The minimum absolute atomic E-state index is 0.234. The standard InChI is InChI=1S/C17H35N3O/c1-5-19(6-2)10-11-20(13-14(3)4)17(21)12-15-8-7-9-16(15)18/h14-16H,5-13,18H2,1-4H3/t15-,16+/m0/s1. The van der Waals surface area contributed by atoms with E-state index in [0.29, 0.717) is 24.2 Å². The minimum atomic E-state index is 0.234. The highest BCUT2D eigenvalue weighted by molar-refractivity contribution is 5.76. The van der Waals surface area contributed by atoms with Gasteiger partial charge in [-0.3, -0.25) is 4.79 Å². The fourth-order valence-corrected chi connectivity index (χ4v) is 3.23. The molecule has 1 rings (SSSR count). The van der Waals surface area contributed by atoms with E-state index in [2.05, 4.69) is 37.5 Å². The highest BCUT2D eigenvalue weighted by atomic mass is 16.2. The fraction of sp³-hybridized carbons (Fsp3) is 0.941. The van der Waals surface area contributed by atoms with Crippen LogP contribution in [-0.2, 0) is 4.79 Å². The van der Waals surface area contributed by atoms with Crippen LogP contribution in [0.1, 0.15) is 53.4 Å². The van der Waals surface area contributed by atoms with Gasteiger partial charge in [0.15, 0.2) is 0 Å². The first-order valence-corrected chi connectivity index (χ1v) is 8.73. The Bertz CT molecular complexity index is 302. The third-order valence-corrected chi connectivity index (χ3v) is 4.67. The highest BCUT2D eigenvalue weighted by Gasteiger charge is 2.28. The Morgan fingerprint density at radius 2 is 1.86 bits per heavy atom. The van der Waals surface area contributed by atoms with Gasteiger partial charge in [0.2, 0.25) is 5.91 Å². The summed E-state index contributed by atoms with van der Waals surface area (Å²) in [4.78, 5) is 17.1. The van der Waals surface area contributed by atoms with Gasteiger partial charge in [-0.1, -0.05) is 34.1 Å². The van der Waals surface area contributed by atoms with Gasteiger partial charge >= 0.3 is 0 Å². The summed E-state index contributed by atoms with van der Waals surface area (Å²) < 4.78 is 0. The van der Waals surface area contributed by atoms with Gasteiger partial charge in [-0.25, -0.2) is 0 Å². The van der Waals surface area contributed by atoms with Crippen LogP contribution in [0.3, 0.4) is 0 Å². The summed E-state index contributed by atoms with van der Waals surface area (Å²) in [5, 5.41) is 0. The van der Waals surface area contributed by atoms with Crippen molar-refractivity contribution in [1.29, 1.82) is 0 Å². The van der Waals surface area contributed by atoms with Crippen LogP contribution < -0.4 is 5.73 Å². The first-order valence-electron chi connectivity index (χ1n) is 8.73. The van der Waals surface area contributed by atoms with Crippen molar-refractivity contribution >= 4 is 5.91 Å². The van der Waals surface area contributed by atoms with Crippen LogP contribution in [0, 0.1) is 11.8 Å². The number of hydrogen-bond acceptors (Lipinski definition) is 3. The molecule has 124 valence electrons. The molecule has 1 amide bonds. The number of amides is 1. The molecule has 1 saturated carbocycles. The first-order chi connectivity index (χ1) is 9.97. The number of carbonyl (C=O) groups excluding carboxylic acids is 1. The Balaban J connectivity index is 2.52. The van der Waals surface area contributed by atoms with E-state index in [1.807, 2.05) is 0 Å². The zero-order valence-electron chi connectivity index (χ0n) is 14.5. The molecule has 0 unspecified atom stereocenters. The lowest BCUT2D eigenvalue weighted by molar-refractivity contribution is -0.133. The molecule has 0 saturated heterocycles. The first kappa shape index (κ1) is 18.4. The lowest BCUT2D eigenvalue weighted by Crippen LogP contribution is -2.42. The maximum atomic E-state index is 12.6. The third-order valence-electron chi connectivity index (χ3n) is 4.67. The van der Waals surface area contributed by atoms with Gasteiger partial charge in [-0.15, -0.1) is 0 Å². The van der Waals surface area contributed by atoms with Gasteiger partial charge in [0.05, 0.1) is 0 Å². The van der Waals surface area contributed by atoms with E-state index < -0.39 is 0 Å². The Hall–Kier alpha value is -0.610. The number of nitrogens with two attached hydrogens (primary N) is 1. The normalized spacial score (nSPS) is 22.2. The van der Waals surface area contributed by atoms with Crippen molar-refractivity contribution in [3.8, 4) is 0 Å². The molecule has 0 aromatic carbocycles. The maximum Gasteiger partial charge on any atom is 0.222 e. The number of rotatable bonds is 9. The van der Waals surface area contributed by atoms with Crippen molar-refractivity contribution in [1.82, 2.24) is 9.80 Å². The van der Waals surface area contributed by atoms with Gasteiger partial charge in [0.1, 0.15) is 0 Å². The molecule has 1 fully saturated rings. The Morgan fingerprint density at radius 1 is 1.19 bits per heavy atom. The maximum absolute atomic E-state index is 12.6. The monoisotopic (exact) mass is 297 g/mol. The Labute approximate surface area is 131 Å². The van der Waals surface area contributed by atoms with Gasteiger partial charge < -0.3 is 15.5 Å². The molecule has 0 spiro atoms. The zero-order chi connectivity index (χ0) is 15.8. The Morgan fingerprint density at radius 3 is 2.33 bits per heavy atom. The van der Waals surface area contributed by atoms with Crippen molar-refractivity contribution in [3.63, 3.8) is 0 Å². The summed E-state index contributed by atoms with van der Waals surface area (Å²) in [6.45, 7) is 13.5. The molecule has 0 aromatic heterocycles. The SMILES string of the molecule is CCN(CC)CCN(CC(C)C)C(=O)C[C@@H]1CCC[C@H]1N. The number of nitrogens with zero attached hydrogens (tertiary/aromatic N) is 2. The third kappa shape index (κ3) is 6.35. The molecule has 21 heavy (non-hydrogen) atoms. The Kier molecular flexibility index (Phi) is 8.27. The van der Waals surface area contributed by atoms with E-state index in [4.69, 9.17) is 5.73 Å². The van der Waals surface area contributed by atoms with Crippen LogP contribution in [0.5, 0.6) is 0 Å². The zero-order valence-corrected chi connectivity index (χ0v) is 14.5. The van der Waals surface area contributed by atoms with Gasteiger partial charge in [-0.2, -0.15) is 0 Å². The van der Waals surface area contributed by atoms with Crippen LogP contribution in [0.2, 0.25) is 0 Å². The fourth-order valence-electron chi connectivity index (χ4n) is 3.23. The lowest BCUT2D eigenvalue weighted by Gasteiger charge is -2.29. The van der Waals surface area contributed by atoms with Crippen molar-refractivity contribution in [3.05, 3.63) is 0 Å². The summed E-state index contributed by atoms with van der Waals surface area (Å²) in [5.41, 5.74) is 6.11. The molecule has 0 bridgehead atoms. The number of likely N-dealkylation sites (N-methyl/N-ethyl adjacent to an activating group) is 1. The molecule has 1 aliphatic rings.